The average Bonchev–Trinajstić information content (AvgIpc) is 2.47. The van der Waals surface area contributed by atoms with Crippen molar-refractivity contribution in [2.75, 3.05) is 23.8 Å². The molecule has 1 aromatic heterocycles. The van der Waals surface area contributed by atoms with Crippen molar-refractivity contribution < 1.29 is 4.74 Å². The number of aromatic nitrogens is 2. The first-order valence-corrected chi connectivity index (χ1v) is 6.88. The van der Waals surface area contributed by atoms with Crippen molar-refractivity contribution in [3.8, 4) is 5.75 Å². The van der Waals surface area contributed by atoms with Crippen molar-refractivity contribution in [1.29, 1.82) is 0 Å². The van der Waals surface area contributed by atoms with Crippen LogP contribution in [0.15, 0.2) is 36.5 Å². The van der Waals surface area contributed by atoms with Gasteiger partial charge in [0.1, 0.15) is 11.6 Å². The van der Waals surface area contributed by atoms with E-state index < -0.39 is 0 Å². The van der Waals surface area contributed by atoms with Gasteiger partial charge in [0, 0.05) is 18.4 Å². The van der Waals surface area contributed by atoms with Crippen LogP contribution in [-0.2, 0) is 0 Å². The van der Waals surface area contributed by atoms with E-state index in [1.165, 1.54) is 0 Å². The van der Waals surface area contributed by atoms with Gasteiger partial charge >= 0.3 is 0 Å². The Hall–Kier alpha value is -2.30. The normalized spacial score (nSPS) is 10.1. The number of nitrogens with zero attached hydrogens (tertiary/aromatic N) is 2. The van der Waals surface area contributed by atoms with Gasteiger partial charge in [0.05, 0.1) is 6.61 Å². The summed E-state index contributed by atoms with van der Waals surface area (Å²) in [6, 6.07) is 9.68. The molecule has 2 rings (SSSR count). The van der Waals surface area contributed by atoms with Crippen molar-refractivity contribution in [2.45, 2.75) is 20.3 Å². The molecule has 0 bridgehead atoms. The molecule has 0 atom stereocenters. The Labute approximate surface area is 119 Å². The Morgan fingerprint density at radius 2 is 1.90 bits per heavy atom. The van der Waals surface area contributed by atoms with Crippen molar-refractivity contribution in [1.82, 2.24) is 9.97 Å². The Bertz CT molecular complexity index is 528. The summed E-state index contributed by atoms with van der Waals surface area (Å²) in [5.41, 5.74) is 0.968. The minimum Gasteiger partial charge on any atom is -0.494 e. The van der Waals surface area contributed by atoms with Gasteiger partial charge in [0.15, 0.2) is 0 Å². The lowest BCUT2D eigenvalue weighted by atomic mass is 10.3. The average molecular weight is 272 g/mol. The molecule has 0 aliphatic heterocycles. The molecular formula is C15H20N4O. The molecule has 0 fully saturated rings. The van der Waals surface area contributed by atoms with Gasteiger partial charge in [0.25, 0.3) is 0 Å². The van der Waals surface area contributed by atoms with Crippen molar-refractivity contribution in [2.24, 2.45) is 0 Å². The van der Waals surface area contributed by atoms with E-state index in [0.29, 0.717) is 5.95 Å². The van der Waals surface area contributed by atoms with E-state index >= 15 is 0 Å². The van der Waals surface area contributed by atoms with Crippen LogP contribution < -0.4 is 15.4 Å². The van der Waals surface area contributed by atoms with Crippen LogP contribution in [0.25, 0.3) is 0 Å². The molecule has 0 amide bonds. The number of benzene rings is 1. The smallest absolute Gasteiger partial charge is 0.224 e. The maximum atomic E-state index is 5.55. The molecule has 1 heterocycles. The van der Waals surface area contributed by atoms with Crippen LogP contribution in [0.5, 0.6) is 5.75 Å². The quantitative estimate of drug-likeness (QED) is 0.808. The van der Waals surface area contributed by atoms with Gasteiger partial charge in [-0.25, -0.2) is 4.98 Å². The summed E-state index contributed by atoms with van der Waals surface area (Å²) in [5.74, 6) is 2.27. The van der Waals surface area contributed by atoms with Crippen LogP contribution in [0, 0.1) is 0 Å². The molecule has 0 radical (unpaired) electrons. The zero-order chi connectivity index (χ0) is 14.2. The monoisotopic (exact) mass is 272 g/mol. The second-order valence-corrected chi connectivity index (χ2v) is 4.29. The third kappa shape index (κ3) is 4.12. The predicted molar refractivity (Wildman–Crippen MR) is 81.7 cm³/mol. The number of anilines is 3. The fourth-order valence-electron chi connectivity index (χ4n) is 1.67. The molecule has 106 valence electrons. The van der Waals surface area contributed by atoms with Gasteiger partial charge in [-0.2, -0.15) is 4.98 Å². The summed E-state index contributed by atoms with van der Waals surface area (Å²) in [4.78, 5) is 8.50. The lowest BCUT2D eigenvalue weighted by Crippen LogP contribution is -2.03. The Morgan fingerprint density at radius 3 is 2.60 bits per heavy atom. The Kier molecular flexibility index (Phi) is 5.17. The molecule has 20 heavy (non-hydrogen) atoms. The van der Waals surface area contributed by atoms with Crippen molar-refractivity contribution in [3.05, 3.63) is 36.5 Å². The topological polar surface area (TPSA) is 59.1 Å². The lowest BCUT2D eigenvalue weighted by Gasteiger charge is -2.09. The molecule has 2 N–H and O–H groups in total. The van der Waals surface area contributed by atoms with E-state index in [2.05, 4.69) is 27.5 Å². The molecule has 0 unspecified atom stereocenters. The van der Waals surface area contributed by atoms with E-state index in [9.17, 15) is 0 Å². The van der Waals surface area contributed by atoms with Gasteiger partial charge in [-0.3, -0.25) is 0 Å². The third-order valence-electron chi connectivity index (χ3n) is 2.59. The van der Waals surface area contributed by atoms with Crippen LogP contribution in [-0.4, -0.2) is 23.1 Å². The Morgan fingerprint density at radius 1 is 1.10 bits per heavy atom. The fraction of sp³-hybridized carbons (Fsp3) is 0.333. The number of ether oxygens (including phenoxy) is 1. The number of nitrogens with one attached hydrogen (secondary N) is 2. The summed E-state index contributed by atoms with van der Waals surface area (Å²) < 4.78 is 5.55. The van der Waals surface area contributed by atoms with E-state index in [4.69, 9.17) is 4.74 Å². The largest absolute Gasteiger partial charge is 0.494 e. The van der Waals surface area contributed by atoms with Gasteiger partial charge in [-0.1, -0.05) is 6.92 Å². The van der Waals surface area contributed by atoms with Gasteiger partial charge in [-0.05, 0) is 43.7 Å². The van der Waals surface area contributed by atoms with Gasteiger partial charge < -0.3 is 15.4 Å². The second-order valence-electron chi connectivity index (χ2n) is 4.29. The van der Waals surface area contributed by atoms with Crippen LogP contribution in [0.4, 0.5) is 17.5 Å². The van der Waals surface area contributed by atoms with Crippen LogP contribution in [0.2, 0.25) is 0 Å². The highest BCUT2D eigenvalue weighted by Crippen LogP contribution is 2.19. The third-order valence-corrected chi connectivity index (χ3v) is 2.59. The maximum absolute atomic E-state index is 5.55. The minimum atomic E-state index is 0.625. The molecule has 5 nitrogen and oxygen atoms in total. The van der Waals surface area contributed by atoms with E-state index in [0.717, 1.165) is 36.8 Å². The lowest BCUT2D eigenvalue weighted by molar-refractivity contribution is 0.317. The van der Waals surface area contributed by atoms with E-state index in [-0.39, 0.29) is 0 Å². The highest BCUT2D eigenvalue weighted by atomic mass is 16.5. The first-order chi connectivity index (χ1) is 9.81. The maximum Gasteiger partial charge on any atom is 0.224 e. The minimum absolute atomic E-state index is 0.625. The second kappa shape index (κ2) is 7.33. The summed E-state index contributed by atoms with van der Waals surface area (Å²) in [7, 11) is 0. The molecule has 0 saturated heterocycles. The highest BCUT2D eigenvalue weighted by Gasteiger charge is 2.00. The number of rotatable bonds is 7. The summed E-state index contributed by atoms with van der Waals surface area (Å²) in [5, 5.41) is 6.32. The fourth-order valence-corrected chi connectivity index (χ4v) is 1.67. The predicted octanol–water partition coefficient (Wildman–Crippen LogP) is 3.44. The summed E-state index contributed by atoms with van der Waals surface area (Å²) in [6.07, 6.45) is 2.74. The molecular weight excluding hydrogens is 252 g/mol. The highest BCUT2D eigenvalue weighted by molar-refractivity contribution is 5.57. The molecule has 5 heteroatoms. The zero-order valence-electron chi connectivity index (χ0n) is 11.9. The SMILES string of the molecule is CCCOc1ccc(Nc2ccnc(NCC)n2)cc1. The standard InChI is InChI=1S/C15H20N4O/c1-3-11-20-13-7-5-12(6-8-13)18-14-9-10-17-15(19-14)16-4-2/h5-10H,3-4,11H2,1-2H3,(H2,16,17,18,19). The van der Waals surface area contributed by atoms with Crippen molar-refractivity contribution in [3.63, 3.8) is 0 Å². The van der Waals surface area contributed by atoms with E-state index in [1.54, 1.807) is 6.20 Å². The molecule has 1 aromatic carbocycles. The molecule has 0 aliphatic carbocycles. The molecule has 0 aliphatic rings. The van der Waals surface area contributed by atoms with Gasteiger partial charge in [0.2, 0.25) is 5.95 Å². The number of hydrogen-bond donors (Lipinski definition) is 2. The first kappa shape index (κ1) is 14.1. The summed E-state index contributed by atoms with van der Waals surface area (Å²) >= 11 is 0. The number of hydrogen-bond acceptors (Lipinski definition) is 5. The zero-order valence-corrected chi connectivity index (χ0v) is 11.9. The molecule has 2 aromatic rings. The van der Waals surface area contributed by atoms with Crippen LogP contribution in [0.1, 0.15) is 20.3 Å². The first-order valence-electron chi connectivity index (χ1n) is 6.88. The molecule has 0 spiro atoms. The van der Waals surface area contributed by atoms with Crippen LogP contribution in [0.3, 0.4) is 0 Å². The van der Waals surface area contributed by atoms with Crippen LogP contribution >= 0.6 is 0 Å². The summed E-state index contributed by atoms with van der Waals surface area (Å²) in [6.45, 7) is 5.64. The van der Waals surface area contributed by atoms with E-state index in [1.807, 2.05) is 37.3 Å². The molecule has 0 saturated carbocycles. The van der Waals surface area contributed by atoms with Gasteiger partial charge in [-0.15, -0.1) is 0 Å². The Balaban J connectivity index is 2.00. The van der Waals surface area contributed by atoms with Crippen molar-refractivity contribution >= 4 is 17.5 Å².